The first-order valence-corrected chi connectivity index (χ1v) is 6.87. The highest BCUT2D eigenvalue weighted by Gasteiger charge is 2.16. The number of rotatable bonds is 4. The molecule has 0 amide bonds. The molecule has 0 aliphatic carbocycles. The van der Waals surface area contributed by atoms with Gasteiger partial charge in [0, 0.05) is 13.1 Å². The second kappa shape index (κ2) is 5.22. The number of carbonyl (C=O) groups is 1. The SMILES string of the molecule is CC(=O)c1sc2ncn(CCN(C)C)c(=O)c2c1C. The van der Waals surface area contributed by atoms with Crippen molar-refractivity contribution in [1.82, 2.24) is 14.5 Å². The predicted molar refractivity (Wildman–Crippen MR) is 77.2 cm³/mol. The van der Waals surface area contributed by atoms with Crippen LogP contribution in [0.1, 0.15) is 22.2 Å². The summed E-state index contributed by atoms with van der Waals surface area (Å²) in [6.07, 6.45) is 1.56. The molecule has 6 heteroatoms. The van der Waals surface area contributed by atoms with E-state index >= 15 is 0 Å². The van der Waals surface area contributed by atoms with E-state index in [0.29, 0.717) is 21.6 Å². The summed E-state index contributed by atoms with van der Waals surface area (Å²) in [5, 5.41) is 0.580. The molecule has 19 heavy (non-hydrogen) atoms. The molecule has 2 aromatic heterocycles. The average molecular weight is 279 g/mol. The van der Waals surface area contributed by atoms with E-state index < -0.39 is 0 Å². The van der Waals surface area contributed by atoms with Gasteiger partial charge >= 0.3 is 0 Å². The summed E-state index contributed by atoms with van der Waals surface area (Å²) in [7, 11) is 3.92. The zero-order valence-corrected chi connectivity index (χ0v) is 12.4. The van der Waals surface area contributed by atoms with Gasteiger partial charge in [-0.3, -0.25) is 14.2 Å². The van der Waals surface area contributed by atoms with Crippen LogP contribution in [0.3, 0.4) is 0 Å². The van der Waals surface area contributed by atoms with Crippen molar-refractivity contribution in [3.8, 4) is 0 Å². The number of likely N-dealkylation sites (N-methyl/N-ethyl adjacent to an activating group) is 1. The van der Waals surface area contributed by atoms with Gasteiger partial charge in [-0.1, -0.05) is 0 Å². The predicted octanol–water partition coefficient (Wildman–Crippen LogP) is 1.53. The third-order valence-corrected chi connectivity index (χ3v) is 4.33. The Bertz CT molecular complexity index is 685. The Morgan fingerprint density at radius 2 is 2.16 bits per heavy atom. The average Bonchev–Trinajstić information content (AvgIpc) is 2.66. The summed E-state index contributed by atoms with van der Waals surface area (Å²) in [6, 6.07) is 0. The van der Waals surface area contributed by atoms with Crippen LogP contribution in [0, 0.1) is 6.92 Å². The third kappa shape index (κ3) is 2.59. The number of ketones is 1. The van der Waals surface area contributed by atoms with Crippen LogP contribution >= 0.6 is 11.3 Å². The maximum absolute atomic E-state index is 12.4. The van der Waals surface area contributed by atoms with E-state index in [9.17, 15) is 9.59 Å². The quantitative estimate of drug-likeness (QED) is 0.796. The summed E-state index contributed by atoms with van der Waals surface area (Å²) >= 11 is 1.29. The Morgan fingerprint density at radius 1 is 1.47 bits per heavy atom. The van der Waals surface area contributed by atoms with Crippen LogP contribution in [-0.4, -0.2) is 40.9 Å². The Morgan fingerprint density at radius 3 is 2.74 bits per heavy atom. The molecule has 0 aliphatic heterocycles. The van der Waals surface area contributed by atoms with Crippen molar-refractivity contribution in [1.29, 1.82) is 0 Å². The normalized spacial score (nSPS) is 11.4. The number of fused-ring (bicyclic) bond motifs is 1. The van der Waals surface area contributed by atoms with Crippen molar-refractivity contribution >= 4 is 27.3 Å². The fourth-order valence-corrected chi connectivity index (χ4v) is 3.00. The number of aryl methyl sites for hydroxylation is 1. The first kappa shape index (κ1) is 13.9. The van der Waals surface area contributed by atoms with Crippen LogP contribution in [-0.2, 0) is 6.54 Å². The lowest BCUT2D eigenvalue weighted by atomic mass is 10.2. The molecule has 0 saturated heterocycles. The zero-order chi connectivity index (χ0) is 14.2. The molecule has 2 rings (SSSR count). The lowest BCUT2D eigenvalue weighted by Crippen LogP contribution is -2.26. The highest BCUT2D eigenvalue weighted by Crippen LogP contribution is 2.26. The second-order valence-corrected chi connectivity index (χ2v) is 5.84. The van der Waals surface area contributed by atoms with E-state index in [1.165, 1.54) is 18.3 Å². The number of carbonyl (C=O) groups excluding carboxylic acids is 1. The van der Waals surface area contributed by atoms with Crippen molar-refractivity contribution in [2.24, 2.45) is 0 Å². The van der Waals surface area contributed by atoms with Gasteiger partial charge in [0.1, 0.15) is 4.83 Å². The smallest absolute Gasteiger partial charge is 0.262 e. The van der Waals surface area contributed by atoms with Gasteiger partial charge in [-0.25, -0.2) is 4.98 Å². The molecular weight excluding hydrogens is 262 g/mol. The summed E-state index contributed by atoms with van der Waals surface area (Å²) in [5.74, 6) is -0.0141. The molecule has 2 aromatic rings. The van der Waals surface area contributed by atoms with Crippen LogP contribution < -0.4 is 5.56 Å². The number of hydrogen-bond acceptors (Lipinski definition) is 5. The molecule has 0 aromatic carbocycles. The molecule has 5 nitrogen and oxygen atoms in total. The van der Waals surface area contributed by atoms with Gasteiger partial charge in [0.25, 0.3) is 5.56 Å². The number of thiophene rings is 1. The highest BCUT2D eigenvalue weighted by atomic mass is 32.1. The molecule has 0 radical (unpaired) electrons. The van der Waals surface area contributed by atoms with Crippen LogP contribution in [0.2, 0.25) is 0 Å². The lowest BCUT2D eigenvalue weighted by Gasteiger charge is -2.10. The minimum absolute atomic E-state index is 0.0141. The standard InChI is InChI=1S/C13H17N3O2S/c1-8-10-12(19-11(8)9(2)17)14-7-16(13(10)18)6-5-15(3)4/h7H,5-6H2,1-4H3. The van der Waals surface area contributed by atoms with Gasteiger partial charge in [-0.2, -0.15) is 0 Å². The van der Waals surface area contributed by atoms with E-state index in [-0.39, 0.29) is 11.3 Å². The summed E-state index contributed by atoms with van der Waals surface area (Å²) in [6.45, 7) is 4.70. The molecule has 0 unspecified atom stereocenters. The lowest BCUT2D eigenvalue weighted by molar-refractivity contribution is 0.102. The molecule has 0 saturated carbocycles. The first-order valence-electron chi connectivity index (χ1n) is 6.06. The Balaban J connectivity index is 2.55. The maximum Gasteiger partial charge on any atom is 0.262 e. The molecule has 0 fully saturated rings. The van der Waals surface area contributed by atoms with E-state index in [0.717, 1.165) is 12.1 Å². The van der Waals surface area contributed by atoms with E-state index in [4.69, 9.17) is 0 Å². The molecule has 0 bridgehead atoms. The topological polar surface area (TPSA) is 55.2 Å². The minimum atomic E-state index is -0.0619. The van der Waals surface area contributed by atoms with Gasteiger partial charge in [0.2, 0.25) is 0 Å². The molecule has 0 N–H and O–H groups in total. The van der Waals surface area contributed by atoms with E-state index in [1.54, 1.807) is 10.9 Å². The van der Waals surface area contributed by atoms with Crippen LogP contribution in [0.5, 0.6) is 0 Å². The molecule has 102 valence electrons. The van der Waals surface area contributed by atoms with Crippen molar-refractivity contribution in [3.63, 3.8) is 0 Å². The van der Waals surface area contributed by atoms with E-state index in [2.05, 4.69) is 4.98 Å². The second-order valence-electron chi connectivity index (χ2n) is 4.84. The van der Waals surface area contributed by atoms with Gasteiger partial charge < -0.3 is 4.90 Å². The van der Waals surface area contributed by atoms with Crippen LogP contribution in [0.15, 0.2) is 11.1 Å². The minimum Gasteiger partial charge on any atom is -0.308 e. The van der Waals surface area contributed by atoms with Crippen LogP contribution in [0.4, 0.5) is 0 Å². The molecular formula is C13H17N3O2S. The highest BCUT2D eigenvalue weighted by molar-refractivity contribution is 7.20. The molecule has 0 atom stereocenters. The fraction of sp³-hybridized carbons (Fsp3) is 0.462. The van der Waals surface area contributed by atoms with Gasteiger partial charge in [-0.05, 0) is 33.5 Å². The number of Topliss-reactive ketones (excluding diaryl/α,β-unsaturated/α-hetero) is 1. The largest absolute Gasteiger partial charge is 0.308 e. The maximum atomic E-state index is 12.4. The Kier molecular flexibility index (Phi) is 3.82. The molecule has 2 heterocycles. The van der Waals surface area contributed by atoms with Crippen molar-refractivity contribution in [2.45, 2.75) is 20.4 Å². The number of aromatic nitrogens is 2. The fourth-order valence-electron chi connectivity index (χ4n) is 1.96. The summed E-state index contributed by atoms with van der Waals surface area (Å²) < 4.78 is 1.60. The monoisotopic (exact) mass is 279 g/mol. The zero-order valence-electron chi connectivity index (χ0n) is 11.6. The van der Waals surface area contributed by atoms with Crippen molar-refractivity contribution in [3.05, 3.63) is 27.1 Å². The number of hydrogen-bond donors (Lipinski definition) is 0. The van der Waals surface area contributed by atoms with E-state index in [1.807, 2.05) is 25.9 Å². The van der Waals surface area contributed by atoms with Crippen molar-refractivity contribution < 1.29 is 4.79 Å². The third-order valence-electron chi connectivity index (χ3n) is 3.03. The Labute approximate surface area is 115 Å². The molecule has 0 aliphatic rings. The Hall–Kier alpha value is -1.53. The van der Waals surface area contributed by atoms with Gasteiger partial charge in [0.05, 0.1) is 16.6 Å². The molecule has 0 spiro atoms. The number of nitrogens with zero attached hydrogens (tertiary/aromatic N) is 3. The first-order chi connectivity index (χ1) is 8.91. The van der Waals surface area contributed by atoms with Crippen LogP contribution in [0.25, 0.3) is 10.2 Å². The summed E-state index contributed by atoms with van der Waals surface area (Å²) in [5.41, 5.74) is 0.692. The summed E-state index contributed by atoms with van der Waals surface area (Å²) in [4.78, 5) is 31.5. The van der Waals surface area contributed by atoms with Crippen molar-refractivity contribution in [2.75, 3.05) is 20.6 Å². The van der Waals surface area contributed by atoms with Gasteiger partial charge in [0.15, 0.2) is 5.78 Å². The van der Waals surface area contributed by atoms with Gasteiger partial charge in [-0.15, -0.1) is 11.3 Å².